The Morgan fingerprint density at radius 1 is 1.00 bits per heavy atom. The van der Waals surface area contributed by atoms with E-state index in [0.29, 0.717) is 12.5 Å². The first-order chi connectivity index (χ1) is 16.1. The van der Waals surface area contributed by atoms with Crippen LogP contribution in [0.15, 0.2) is 48.5 Å². The molecule has 0 spiro atoms. The van der Waals surface area contributed by atoms with Gasteiger partial charge in [-0.3, -0.25) is 9.69 Å². The van der Waals surface area contributed by atoms with Gasteiger partial charge in [-0.15, -0.1) is 0 Å². The Morgan fingerprint density at radius 2 is 1.73 bits per heavy atom. The van der Waals surface area contributed by atoms with Gasteiger partial charge in [0.15, 0.2) is 0 Å². The van der Waals surface area contributed by atoms with E-state index in [1.807, 2.05) is 12.1 Å². The quantitative estimate of drug-likeness (QED) is 0.568. The Hall–Kier alpha value is -2.37. The summed E-state index contributed by atoms with van der Waals surface area (Å²) in [5.74, 6) is 1.49. The van der Waals surface area contributed by atoms with E-state index in [1.165, 1.54) is 30.4 Å². The van der Waals surface area contributed by atoms with Crippen LogP contribution in [0.4, 0.5) is 0 Å². The van der Waals surface area contributed by atoms with Crippen LogP contribution in [0.5, 0.6) is 5.75 Å². The van der Waals surface area contributed by atoms with Crippen molar-refractivity contribution in [3.05, 3.63) is 65.2 Å². The third-order valence-corrected chi connectivity index (χ3v) is 7.10. The topological polar surface area (TPSA) is 42.0 Å². The predicted molar refractivity (Wildman–Crippen MR) is 131 cm³/mol. The maximum atomic E-state index is 12.9. The van der Waals surface area contributed by atoms with Gasteiger partial charge in [-0.25, -0.2) is 0 Å². The van der Waals surface area contributed by atoms with Crippen molar-refractivity contribution in [3.8, 4) is 5.75 Å². The third-order valence-electron chi connectivity index (χ3n) is 7.10. The lowest BCUT2D eigenvalue weighted by molar-refractivity contribution is -0.138. The number of carbonyl (C=O) groups is 1. The van der Waals surface area contributed by atoms with Crippen molar-refractivity contribution in [1.29, 1.82) is 0 Å². The van der Waals surface area contributed by atoms with Crippen LogP contribution in [-0.2, 0) is 16.1 Å². The maximum absolute atomic E-state index is 12.9. The molecule has 1 amide bonds. The van der Waals surface area contributed by atoms with Gasteiger partial charge < -0.3 is 14.4 Å². The fraction of sp³-hybridized carbons (Fsp3) is 0.536. The minimum Gasteiger partial charge on any atom is -0.497 e. The van der Waals surface area contributed by atoms with Crippen LogP contribution in [0.2, 0.25) is 0 Å². The van der Waals surface area contributed by atoms with E-state index in [9.17, 15) is 4.79 Å². The molecule has 2 aliphatic rings. The third kappa shape index (κ3) is 6.58. The van der Waals surface area contributed by atoms with Gasteiger partial charge in [0.2, 0.25) is 5.91 Å². The molecule has 4 rings (SSSR count). The molecule has 5 heteroatoms. The summed E-state index contributed by atoms with van der Waals surface area (Å²) in [7, 11) is 1.70. The van der Waals surface area contributed by atoms with Gasteiger partial charge in [-0.1, -0.05) is 61.2 Å². The van der Waals surface area contributed by atoms with E-state index in [2.05, 4.69) is 53.1 Å². The van der Waals surface area contributed by atoms with E-state index in [0.717, 1.165) is 56.9 Å². The second kappa shape index (κ2) is 11.7. The predicted octanol–water partition coefficient (Wildman–Crippen LogP) is 4.99. The van der Waals surface area contributed by atoms with Crippen molar-refractivity contribution in [2.24, 2.45) is 5.92 Å². The number of ether oxygens (including phenoxy) is 2. The Kier molecular flexibility index (Phi) is 8.40. The van der Waals surface area contributed by atoms with Gasteiger partial charge in [0, 0.05) is 38.6 Å². The standard InChI is InChI=1S/C28H38N2O3/c1-22-11-13-23(14-12-22)21-33-27(25-9-6-10-26(19-25)32-2)20-29-15-17-30(18-16-29)28(31)24-7-4-3-5-8-24/h6,9-14,19,24,27H,3-5,7-8,15-18,20-21H2,1-2H3. The van der Waals surface area contributed by atoms with Crippen LogP contribution in [0, 0.1) is 12.8 Å². The summed E-state index contributed by atoms with van der Waals surface area (Å²) < 4.78 is 11.9. The van der Waals surface area contributed by atoms with Crippen LogP contribution >= 0.6 is 0 Å². The Balaban J connectivity index is 1.37. The molecule has 1 saturated heterocycles. The molecule has 33 heavy (non-hydrogen) atoms. The molecule has 1 atom stereocenters. The second-order valence-electron chi connectivity index (χ2n) is 9.52. The zero-order valence-electron chi connectivity index (χ0n) is 20.2. The number of carbonyl (C=O) groups excluding carboxylic acids is 1. The first kappa shape index (κ1) is 23.8. The lowest BCUT2D eigenvalue weighted by Gasteiger charge is -2.38. The Bertz CT molecular complexity index is 884. The summed E-state index contributed by atoms with van der Waals surface area (Å²) in [5, 5.41) is 0. The summed E-state index contributed by atoms with van der Waals surface area (Å²) in [6.45, 7) is 6.91. The van der Waals surface area contributed by atoms with Crippen LogP contribution < -0.4 is 4.74 Å². The number of rotatable bonds is 8. The van der Waals surface area contributed by atoms with Crippen molar-refractivity contribution in [1.82, 2.24) is 9.80 Å². The fourth-order valence-corrected chi connectivity index (χ4v) is 4.97. The van der Waals surface area contributed by atoms with E-state index in [-0.39, 0.29) is 12.0 Å². The van der Waals surface area contributed by atoms with Crippen molar-refractivity contribution < 1.29 is 14.3 Å². The highest BCUT2D eigenvalue weighted by molar-refractivity contribution is 5.79. The molecule has 0 bridgehead atoms. The van der Waals surface area contributed by atoms with Crippen molar-refractivity contribution in [2.75, 3.05) is 39.8 Å². The number of nitrogens with zero attached hydrogens (tertiary/aromatic N) is 2. The average Bonchev–Trinajstić information content (AvgIpc) is 2.88. The molecule has 1 aliphatic heterocycles. The van der Waals surface area contributed by atoms with Crippen molar-refractivity contribution in [3.63, 3.8) is 0 Å². The number of hydrogen-bond acceptors (Lipinski definition) is 4. The minimum absolute atomic E-state index is 0.0537. The van der Waals surface area contributed by atoms with Crippen LogP contribution in [0.25, 0.3) is 0 Å². The maximum Gasteiger partial charge on any atom is 0.225 e. The van der Waals surface area contributed by atoms with Gasteiger partial charge in [-0.05, 0) is 43.0 Å². The molecule has 0 aromatic heterocycles. The normalized spacial score (nSPS) is 18.8. The largest absolute Gasteiger partial charge is 0.497 e. The van der Waals surface area contributed by atoms with E-state index in [4.69, 9.17) is 9.47 Å². The molecule has 2 aromatic rings. The van der Waals surface area contributed by atoms with E-state index in [1.54, 1.807) is 7.11 Å². The summed E-state index contributed by atoms with van der Waals surface area (Å²) in [6.07, 6.45) is 5.79. The number of aryl methyl sites for hydroxylation is 1. The molecule has 1 aliphatic carbocycles. The second-order valence-corrected chi connectivity index (χ2v) is 9.52. The highest BCUT2D eigenvalue weighted by atomic mass is 16.5. The summed E-state index contributed by atoms with van der Waals surface area (Å²) in [4.78, 5) is 17.5. The molecule has 5 nitrogen and oxygen atoms in total. The summed E-state index contributed by atoms with van der Waals surface area (Å²) in [5.41, 5.74) is 3.56. The number of benzene rings is 2. The number of methoxy groups -OCH3 is 1. The van der Waals surface area contributed by atoms with E-state index < -0.39 is 0 Å². The van der Waals surface area contributed by atoms with Gasteiger partial charge in [-0.2, -0.15) is 0 Å². The molecule has 1 heterocycles. The Morgan fingerprint density at radius 3 is 2.42 bits per heavy atom. The molecule has 2 fully saturated rings. The van der Waals surface area contributed by atoms with Crippen molar-refractivity contribution >= 4 is 5.91 Å². The molecular formula is C28H38N2O3. The molecule has 2 aromatic carbocycles. The Labute approximate surface area is 198 Å². The van der Waals surface area contributed by atoms with Crippen LogP contribution in [0.3, 0.4) is 0 Å². The van der Waals surface area contributed by atoms with Gasteiger partial charge >= 0.3 is 0 Å². The summed E-state index contributed by atoms with van der Waals surface area (Å²) in [6, 6.07) is 16.7. The highest BCUT2D eigenvalue weighted by Gasteiger charge is 2.29. The zero-order chi connectivity index (χ0) is 23.0. The molecule has 178 valence electrons. The smallest absolute Gasteiger partial charge is 0.225 e. The SMILES string of the molecule is COc1cccc(C(CN2CCN(C(=O)C3CCCCC3)CC2)OCc2ccc(C)cc2)c1. The average molecular weight is 451 g/mol. The molecule has 1 unspecified atom stereocenters. The fourth-order valence-electron chi connectivity index (χ4n) is 4.97. The summed E-state index contributed by atoms with van der Waals surface area (Å²) >= 11 is 0. The van der Waals surface area contributed by atoms with Gasteiger partial charge in [0.05, 0.1) is 19.8 Å². The lowest BCUT2D eigenvalue weighted by atomic mass is 9.88. The van der Waals surface area contributed by atoms with Crippen LogP contribution in [-0.4, -0.2) is 55.5 Å². The molecule has 0 radical (unpaired) electrons. The number of piperazine rings is 1. The molecule has 1 saturated carbocycles. The molecule has 0 N–H and O–H groups in total. The number of hydrogen-bond donors (Lipinski definition) is 0. The van der Waals surface area contributed by atoms with Crippen molar-refractivity contribution in [2.45, 2.75) is 51.7 Å². The first-order valence-electron chi connectivity index (χ1n) is 12.4. The number of amides is 1. The molecular weight excluding hydrogens is 412 g/mol. The van der Waals surface area contributed by atoms with Crippen LogP contribution in [0.1, 0.15) is 54.9 Å². The lowest BCUT2D eigenvalue weighted by Crippen LogP contribution is -2.51. The first-order valence-corrected chi connectivity index (χ1v) is 12.4. The van der Waals surface area contributed by atoms with Gasteiger partial charge in [0.1, 0.15) is 5.75 Å². The highest BCUT2D eigenvalue weighted by Crippen LogP contribution is 2.27. The van der Waals surface area contributed by atoms with Gasteiger partial charge in [0.25, 0.3) is 0 Å². The monoisotopic (exact) mass is 450 g/mol. The zero-order valence-corrected chi connectivity index (χ0v) is 20.2. The minimum atomic E-state index is -0.0537. The van der Waals surface area contributed by atoms with E-state index >= 15 is 0 Å².